The predicted octanol–water partition coefficient (Wildman–Crippen LogP) is 3.81. The van der Waals surface area contributed by atoms with Crippen molar-refractivity contribution >= 4 is 21.8 Å². The Labute approximate surface area is 120 Å². The van der Waals surface area contributed by atoms with Crippen LogP contribution in [0.4, 0.5) is 8.78 Å². The summed E-state index contributed by atoms with van der Waals surface area (Å²) in [5.41, 5.74) is 0.0601. The van der Waals surface area contributed by atoms with Crippen LogP contribution in [0, 0.1) is 24.0 Å². The summed E-state index contributed by atoms with van der Waals surface area (Å²) in [6.45, 7) is 5.97. The summed E-state index contributed by atoms with van der Waals surface area (Å²) in [7, 11) is 0. The van der Waals surface area contributed by atoms with E-state index in [4.69, 9.17) is 0 Å². The summed E-state index contributed by atoms with van der Waals surface area (Å²) in [5, 5.41) is 3.52. The second kappa shape index (κ2) is 6.46. The molecule has 1 rings (SSSR count). The first-order valence-electron chi connectivity index (χ1n) is 6.06. The van der Waals surface area contributed by atoms with Gasteiger partial charge in [-0.25, -0.2) is 8.78 Å². The number of halogens is 3. The lowest BCUT2D eigenvalue weighted by atomic mass is 9.90. The lowest BCUT2D eigenvalue weighted by Crippen LogP contribution is -2.34. The first-order valence-corrected chi connectivity index (χ1v) is 7.19. The Kier molecular flexibility index (Phi) is 5.47. The third kappa shape index (κ3) is 4.56. The molecule has 0 heterocycles. The maximum atomic E-state index is 13.5. The zero-order valence-electron chi connectivity index (χ0n) is 11.3. The van der Waals surface area contributed by atoms with E-state index in [-0.39, 0.29) is 16.5 Å². The highest BCUT2D eigenvalue weighted by Gasteiger charge is 2.20. The van der Waals surface area contributed by atoms with Crippen molar-refractivity contribution in [3.05, 3.63) is 34.9 Å². The van der Waals surface area contributed by atoms with E-state index in [1.807, 2.05) is 13.8 Å². The van der Waals surface area contributed by atoms with E-state index in [0.29, 0.717) is 6.54 Å². The molecule has 0 aromatic heterocycles. The van der Waals surface area contributed by atoms with Gasteiger partial charge in [0.1, 0.15) is 11.6 Å². The summed E-state index contributed by atoms with van der Waals surface area (Å²) >= 11 is 3.35. The number of aryl methyl sites for hydroxylation is 1. The minimum absolute atomic E-state index is 0.0787. The summed E-state index contributed by atoms with van der Waals surface area (Å²) in [6, 6.07) is 1.98. The molecular formula is C14H18BrF2NO. The van der Waals surface area contributed by atoms with Crippen LogP contribution in [0.1, 0.15) is 36.2 Å². The fourth-order valence-electron chi connectivity index (χ4n) is 1.59. The van der Waals surface area contributed by atoms with Gasteiger partial charge in [0, 0.05) is 17.9 Å². The second-order valence-corrected chi connectivity index (χ2v) is 6.16. The lowest BCUT2D eigenvalue weighted by Gasteiger charge is -2.24. The highest BCUT2D eigenvalue weighted by Crippen LogP contribution is 2.20. The lowest BCUT2D eigenvalue weighted by molar-refractivity contribution is 0.0931. The maximum Gasteiger partial charge on any atom is 0.254 e. The molecule has 0 aliphatic carbocycles. The summed E-state index contributed by atoms with van der Waals surface area (Å²) in [6.07, 6.45) is 0.887. The Morgan fingerprint density at radius 1 is 1.32 bits per heavy atom. The number of hydrogen-bond donors (Lipinski definition) is 1. The Hall–Kier alpha value is -0.970. The van der Waals surface area contributed by atoms with Crippen LogP contribution in [-0.2, 0) is 0 Å². The van der Waals surface area contributed by atoms with Gasteiger partial charge in [-0.15, -0.1) is 0 Å². The molecular weight excluding hydrogens is 316 g/mol. The van der Waals surface area contributed by atoms with Gasteiger partial charge < -0.3 is 5.32 Å². The molecule has 0 bridgehead atoms. The molecule has 5 heteroatoms. The number of amides is 1. The van der Waals surface area contributed by atoms with Gasteiger partial charge in [0.2, 0.25) is 0 Å². The van der Waals surface area contributed by atoms with E-state index >= 15 is 0 Å². The Morgan fingerprint density at radius 3 is 2.53 bits per heavy atom. The van der Waals surface area contributed by atoms with Gasteiger partial charge in [-0.2, -0.15) is 0 Å². The number of carbonyl (C=O) groups is 1. The monoisotopic (exact) mass is 333 g/mol. The zero-order chi connectivity index (χ0) is 14.6. The summed E-state index contributed by atoms with van der Waals surface area (Å²) in [5.74, 6) is -1.99. The first kappa shape index (κ1) is 16.1. The number of benzene rings is 1. The molecule has 2 nitrogen and oxygen atoms in total. The number of rotatable bonds is 5. The van der Waals surface area contributed by atoms with E-state index in [1.165, 1.54) is 13.0 Å². The van der Waals surface area contributed by atoms with Crippen LogP contribution in [0.5, 0.6) is 0 Å². The predicted molar refractivity (Wildman–Crippen MR) is 75.6 cm³/mol. The molecule has 0 fully saturated rings. The molecule has 19 heavy (non-hydrogen) atoms. The molecule has 0 saturated heterocycles. The van der Waals surface area contributed by atoms with Crippen LogP contribution in [0.3, 0.4) is 0 Å². The molecule has 1 aromatic rings. The van der Waals surface area contributed by atoms with Gasteiger partial charge in [-0.05, 0) is 30.4 Å². The molecule has 0 atom stereocenters. The standard InChI is InChI=1S/C14H18BrF2NO/c1-9-6-10(12(17)7-11(9)16)13(19)18-8-14(2,3)4-5-15/h6-7H,4-5,8H2,1-3H3,(H,18,19). The summed E-state index contributed by atoms with van der Waals surface area (Å²) in [4.78, 5) is 11.9. The van der Waals surface area contributed by atoms with Crippen molar-refractivity contribution in [2.45, 2.75) is 27.2 Å². The fraction of sp³-hybridized carbons (Fsp3) is 0.500. The number of hydrogen-bond acceptors (Lipinski definition) is 1. The van der Waals surface area contributed by atoms with Crippen LogP contribution in [0.25, 0.3) is 0 Å². The minimum Gasteiger partial charge on any atom is -0.351 e. The molecule has 0 saturated carbocycles. The molecule has 0 spiro atoms. The zero-order valence-corrected chi connectivity index (χ0v) is 12.9. The van der Waals surface area contributed by atoms with Crippen molar-refractivity contribution in [3.63, 3.8) is 0 Å². The van der Waals surface area contributed by atoms with Gasteiger partial charge in [-0.3, -0.25) is 4.79 Å². The van der Waals surface area contributed by atoms with Crippen LogP contribution in [0.15, 0.2) is 12.1 Å². The van der Waals surface area contributed by atoms with E-state index in [0.717, 1.165) is 17.8 Å². The van der Waals surface area contributed by atoms with Gasteiger partial charge in [0.25, 0.3) is 5.91 Å². The first-order chi connectivity index (χ1) is 8.76. The Morgan fingerprint density at radius 2 is 1.95 bits per heavy atom. The highest BCUT2D eigenvalue weighted by atomic mass is 79.9. The van der Waals surface area contributed by atoms with Crippen LogP contribution in [0.2, 0.25) is 0 Å². The average molecular weight is 334 g/mol. The van der Waals surface area contributed by atoms with Crippen molar-refractivity contribution in [2.24, 2.45) is 5.41 Å². The van der Waals surface area contributed by atoms with Gasteiger partial charge in [0.15, 0.2) is 0 Å². The van der Waals surface area contributed by atoms with E-state index in [2.05, 4.69) is 21.2 Å². The number of carbonyl (C=O) groups excluding carboxylic acids is 1. The van der Waals surface area contributed by atoms with Gasteiger partial charge in [0.05, 0.1) is 5.56 Å². The molecule has 1 N–H and O–H groups in total. The smallest absolute Gasteiger partial charge is 0.254 e. The van der Waals surface area contributed by atoms with Crippen molar-refractivity contribution in [1.82, 2.24) is 5.32 Å². The molecule has 1 aromatic carbocycles. The van der Waals surface area contributed by atoms with E-state index in [1.54, 1.807) is 0 Å². The van der Waals surface area contributed by atoms with Gasteiger partial charge in [-0.1, -0.05) is 29.8 Å². The third-order valence-corrected chi connectivity index (χ3v) is 3.39. The summed E-state index contributed by atoms with van der Waals surface area (Å²) < 4.78 is 26.7. The van der Waals surface area contributed by atoms with Crippen molar-refractivity contribution < 1.29 is 13.6 Å². The van der Waals surface area contributed by atoms with Crippen molar-refractivity contribution in [3.8, 4) is 0 Å². The highest BCUT2D eigenvalue weighted by molar-refractivity contribution is 9.09. The third-order valence-electron chi connectivity index (χ3n) is 2.99. The van der Waals surface area contributed by atoms with E-state index < -0.39 is 17.5 Å². The largest absolute Gasteiger partial charge is 0.351 e. The Bertz CT molecular complexity index is 475. The molecule has 0 radical (unpaired) electrons. The molecule has 0 unspecified atom stereocenters. The van der Waals surface area contributed by atoms with Crippen molar-refractivity contribution in [2.75, 3.05) is 11.9 Å². The van der Waals surface area contributed by atoms with Gasteiger partial charge >= 0.3 is 0 Å². The van der Waals surface area contributed by atoms with Crippen molar-refractivity contribution in [1.29, 1.82) is 0 Å². The molecule has 106 valence electrons. The maximum absolute atomic E-state index is 13.5. The van der Waals surface area contributed by atoms with E-state index in [9.17, 15) is 13.6 Å². The number of nitrogens with one attached hydrogen (secondary N) is 1. The SMILES string of the molecule is Cc1cc(C(=O)NCC(C)(C)CCBr)c(F)cc1F. The minimum atomic E-state index is -0.834. The second-order valence-electron chi connectivity index (χ2n) is 5.37. The van der Waals surface area contributed by atoms with Crippen LogP contribution >= 0.6 is 15.9 Å². The number of alkyl halides is 1. The fourth-order valence-corrected chi connectivity index (χ4v) is 2.66. The Balaban J connectivity index is 2.77. The molecule has 1 amide bonds. The van der Waals surface area contributed by atoms with Crippen LogP contribution in [-0.4, -0.2) is 17.8 Å². The average Bonchev–Trinajstić information content (AvgIpc) is 2.31. The normalized spacial score (nSPS) is 11.5. The molecule has 0 aliphatic rings. The van der Waals surface area contributed by atoms with Crippen LogP contribution < -0.4 is 5.32 Å². The quantitative estimate of drug-likeness (QED) is 0.815. The molecule has 0 aliphatic heterocycles. The topological polar surface area (TPSA) is 29.1 Å².